The van der Waals surface area contributed by atoms with Gasteiger partial charge in [-0.25, -0.2) is 9.78 Å². The predicted octanol–water partition coefficient (Wildman–Crippen LogP) is 4.75. The second-order valence-corrected chi connectivity index (χ2v) is 6.08. The van der Waals surface area contributed by atoms with E-state index in [1.807, 2.05) is 12.1 Å². The Balaban J connectivity index is 1.74. The molecule has 8 heteroatoms. The van der Waals surface area contributed by atoms with Crippen molar-refractivity contribution in [3.8, 4) is 23.1 Å². The SMILES string of the molecule is CCOC(=O)c1ccc(-c2nc(COc3ccc(CCl)cc3OC)c(C)o2)o1. The van der Waals surface area contributed by atoms with Gasteiger partial charge in [0.15, 0.2) is 17.3 Å². The molecule has 148 valence electrons. The number of esters is 1. The third-order valence-corrected chi connectivity index (χ3v) is 4.24. The van der Waals surface area contributed by atoms with Crippen molar-refractivity contribution in [2.45, 2.75) is 26.3 Å². The molecular weight excluding hydrogens is 386 g/mol. The fourth-order valence-corrected chi connectivity index (χ4v) is 2.66. The quantitative estimate of drug-likeness (QED) is 0.395. The minimum absolute atomic E-state index is 0.0922. The number of alkyl halides is 1. The van der Waals surface area contributed by atoms with Crippen molar-refractivity contribution < 1.29 is 27.8 Å². The smallest absolute Gasteiger partial charge is 0.374 e. The zero-order valence-corrected chi connectivity index (χ0v) is 16.5. The summed E-state index contributed by atoms with van der Waals surface area (Å²) >= 11 is 5.85. The molecule has 0 amide bonds. The number of aryl methyl sites for hydroxylation is 1. The van der Waals surface area contributed by atoms with E-state index in [1.165, 1.54) is 6.07 Å². The van der Waals surface area contributed by atoms with Crippen LogP contribution < -0.4 is 9.47 Å². The van der Waals surface area contributed by atoms with Crippen LogP contribution in [0.5, 0.6) is 11.5 Å². The van der Waals surface area contributed by atoms with Gasteiger partial charge in [0.1, 0.15) is 18.1 Å². The summed E-state index contributed by atoms with van der Waals surface area (Å²) in [5.41, 5.74) is 1.54. The van der Waals surface area contributed by atoms with Crippen molar-refractivity contribution in [3.63, 3.8) is 0 Å². The van der Waals surface area contributed by atoms with Gasteiger partial charge < -0.3 is 23.0 Å². The molecule has 0 radical (unpaired) electrons. The molecule has 0 atom stereocenters. The molecule has 0 saturated heterocycles. The van der Waals surface area contributed by atoms with Crippen LogP contribution in [0.4, 0.5) is 0 Å². The lowest BCUT2D eigenvalue weighted by Crippen LogP contribution is -2.02. The van der Waals surface area contributed by atoms with E-state index in [0.717, 1.165) is 5.56 Å². The third-order valence-electron chi connectivity index (χ3n) is 3.93. The highest BCUT2D eigenvalue weighted by Gasteiger charge is 2.19. The molecule has 0 fully saturated rings. The van der Waals surface area contributed by atoms with E-state index in [1.54, 1.807) is 33.1 Å². The second kappa shape index (κ2) is 8.84. The van der Waals surface area contributed by atoms with E-state index in [0.29, 0.717) is 34.6 Å². The zero-order valence-electron chi connectivity index (χ0n) is 15.8. The Hall–Kier alpha value is -2.93. The lowest BCUT2D eigenvalue weighted by molar-refractivity contribution is 0.0491. The molecule has 0 saturated carbocycles. The molecule has 28 heavy (non-hydrogen) atoms. The van der Waals surface area contributed by atoms with Gasteiger partial charge in [-0.15, -0.1) is 11.6 Å². The number of ether oxygens (including phenoxy) is 3. The normalized spacial score (nSPS) is 10.7. The Kier molecular flexibility index (Phi) is 6.26. The maximum atomic E-state index is 11.7. The molecule has 2 aromatic heterocycles. The Morgan fingerprint density at radius 1 is 1.18 bits per heavy atom. The first-order valence-corrected chi connectivity index (χ1v) is 9.18. The number of furan rings is 1. The number of carbonyl (C=O) groups excluding carboxylic acids is 1. The lowest BCUT2D eigenvalue weighted by atomic mass is 10.2. The Bertz CT molecular complexity index is 962. The van der Waals surface area contributed by atoms with Crippen molar-refractivity contribution in [1.82, 2.24) is 4.98 Å². The lowest BCUT2D eigenvalue weighted by Gasteiger charge is -2.10. The summed E-state index contributed by atoms with van der Waals surface area (Å²) < 4.78 is 27.2. The van der Waals surface area contributed by atoms with Crippen molar-refractivity contribution >= 4 is 17.6 Å². The number of halogens is 1. The highest BCUT2D eigenvalue weighted by atomic mass is 35.5. The number of methoxy groups -OCH3 is 1. The Labute approximate surface area is 167 Å². The molecule has 3 rings (SSSR count). The van der Waals surface area contributed by atoms with Gasteiger partial charge in [0.05, 0.1) is 13.7 Å². The molecule has 0 aliphatic carbocycles. The molecule has 0 aliphatic rings. The number of hydrogen-bond acceptors (Lipinski definition) is 7. The summed E-state index contributed by atoms with van der Waals surface area (Å²) in [5, 5.41) is 0. The van der Waals surface area contributed by atoms with E-state index < -0.39 is 5.97 Å². The van der Waals surface area contributed by atoms with Crippen molar-refractivity contribution in [1.29, 1.82) is 0 Å². The molecular formula is C20H20ClNO6. The standard InChI is InChI=1S/C20H20ClNO6/c1-4-25-20(23)17-8-7-16(28-17)19-22-14(12(2)27-19)11-26-15-6-5-13(10-21)9-18(15)24-3/h5-9H,4,10-11H2,1-3H3. The predicted molar refractivity (Wildman–Crippen MR) is 102 cm³/mol. The first-order chi connectivity index (χ1) is 13.5. The van der Waals surface area contributed by atoms with Crippen molar-refractivity contribution in [3.05, 3.63) is 53.1 Å². The van der Waals surface area contributed by atoms with Crippen LogP contribution in [0.15, 0.2) is 39.2 Å². The summed E-state index contributed by atoms with van der Waals surface area (Å²) in [7, 11) is 1.57. The first kappa shape index (κ1) is 19.8. The van der Waals surface area contributed by atoms with E-state index in [9.17, 15) is 4.79 Å². The maximum absolute atomic E-state index is 11.7. The average Bonchev–Trinajstić information content (AvgIpc) is 3.33. The first-order valence-electron chi connectivity index (χ1n) is 8.65. The van der Waals surface area contributed by atoms with E-state index in [-0.39, 0.29) is 24.9 Å². The molecule has 0 spiro atoms. The van der Waals surface area contributed by atoms with Crippen molar-refractivity contribution in [2.24, 2.45) is 0 Å². The second-order valence-electron chi connectivity index (χ2n) is 5.81. The topological polar surface area (TPSA) is 83.9 Å². The van der Waals surface area contributed by atoms with E-state index >= 15 is 0 Å². The number of aromatic nitrogens is 1. The van der Waals surface area contributed by atoms with Gasteiger partial charge in [-0.2, -0.15) is 0 Å². The van der Waals surface area contributed by atoms with Crippen LogP contribution in [0, 0.1) is 6.92 Å². The highest BCUT2D eigenvalue weighted by molar-refractivity contribution is 6.17. The number of hydrogen-bond donors (Lipinski definition) is 0. The minimum Gasteiger partial charge on any atom is -0.493 e. The fourth-order valence-electron chi connectivity index (χ4n) is 2.49. The largest absolute Gasteiger partial charge is 0.493 e. The summed E-state index contributed by atoms with van der Waals surface area (Å²) in [5.74, 6) is 2.28. The van der Waals surface area contributed by atoms with Crippen LogP contribution in [0.1, 0.15) is 34.5 Å². The van der Waals surface area contributed by atoms with Gasteiger partial charge in [0, 0.05) is 5.88 Å². The van der Waals surface area contributed by atoms with Crippen LogP contribution >= 0.6 is 11.6 Å². The maximum Gasteiger partial charge on any atom is 0.374 e. The zero-order chi connectivity index (χ0) is 20.1. The number of oxazole rings is 1. The van der Waals surface area contributed by atoms with E-state index in [2.05, 4.69) is 4.98 Å². The van der Waals surface area contributed by atoms with Crippen LogP contribution in [0.3, 0.4) is 0 Å². The highest BCUT2D eigenvalue weighted by Crippen LogP contribution is 2.30. The molecule has 1 aromatic carbocycles. The Morgan fingerprint density at radius 2 is 2.00 bits per heavy atom. The monoisotopic (exact) mass is 405 g/mol. The molecule has 0 unspecified atom stereocenters. The van der Waals surface area contributed by atoms with Gasteiger partial charge >= 0.3 is 5.97 Å². The molecule has 0 aliphatic heterocycles. The summed E-state index contributed by atoms with van der Waals surface area (Å²) in [6.45, 7) is 3.95. The van der Waals surface area contributed by atoms with Gasteiger partial charge in [0.2, 0.25) is 5.76 Å². The van der Waals surface area contributed by atoms with E-state index in [4.69, 9.17) is 34.6 Å². The van der Waals surface area contributed by atoms with Crippen LogP contribution in [-0.2, 0) is 17.2 Å². The summed E-state index contributed by atoms with van der Waals surface area (Å²) in [6, 6.07) is 8.61. The van der Waals surface area contributed by atoms with Gasteiger partial charge in [0.25, 0.3) is 5.89 Å². The average molecular weight is 406 g/mol. The molecule has 7 nitrogen and oxygen atoms in total. The van der Waals surface area contributed by atoms with Crippen LogP contribution in [0.2, 0.25) is 0 Å². The molecule has 0 N–H and O–H groups in total. The molecule has 2 heterocycles. The number of benzene rings is 1. The van der Waals surface area contributed by atoms with Gasteiger partial charge in [-0.05, 0) is 43.7 Å². The fraction of sp³-hybridized carbons (Fsp3) is 0.300. The third kappa shape index (κ3) is 4.31. The van der Waals surface area contributed by atoms with Crippen molar-refractivity contribution in [2.75, 3.05) is 13.7 Å². The molecule has 3 aromatic rings. The number of nitrogens with zero attached hydrogens (tertiary/aromatic N) is 1. The van der Waals surface area contributed by atoms with Gasteiger partial charge in [-0.3, -0.25) is 0 Å². The summed E-state index contributed by atoms with van der Waals surface area (Å²) in [6.07, 6.45) is 0. The van der Waals surface area contributed by atoms with Crippen LogP contribution in [0.25, 0.3) is 11.7 Å². The minimum atomic E-state index is -0.534. The molecule has 0 bridgehead atoms. The Morgan fingerprint density at radius 3 is 2.71 bits per heavy atom. The summed E-state index contributed by atoms with van der Waals surface area (Å²) in [4.78, 5) is 16.1. The number of carbonyl (C=O) groups is 1. The number of rotatable bonds is 8. The van der Waals surface area contributed by atoms with Gasteiger partial charge in [-0.1, -0.05) is 6.07 Å². The van der Waals surface area contributed by atoms with Crippen LogP contribution in [-0.4, -0.2) is 24.7 Å².